The van der Waals surface area contributed by atoms with E-state index in [4.69, 9.17) is 4.74 Å². The molecule has 2 heterocycles. The van der Waals surface area contributed by atoms with Gasteiger partial charge in [0.15, 0.2) is 9.84 Å². The second-order valence-electron chi connectivity index (χ2n) is 6.27. The van der Waals surface area contributed by atoms with Crippen molar-refractivity contribution in [1.29, 1.82) is 0 Å². The van der Waals surface area contributed by atoms with E-state index in [-0.39, 0.29) is 42.0 Å². The highest BCUT2D eigenvalue weighted by Gasteiger charge is 2.34. The minimum atomic E-state index is -3.04. The van der Waals surface area contributed by atoms with E-state index in [9.17, 15) is 18.0 Å². The molecule has 2 fully saturated rings. The van der Waals surface area contributed by atoms with E-state index in [0.29, 0.717) is 26.1 Å². The number of sulfone groups is 1. The van der Waals surface area contributed by atoms with E-state index in [1.54, 1.807) is 4.90 Å². The summed E-state index contributed by atoms with van der Waals surface area (Å²) < 4.78 is 28.8. The summed E-state index contributed by atoms with van der Waals surface area (Å²) in [4.78, 5) is 27.5. The van der Waals surface area contributed by atoms with Crippen LogP contribution in [0.3, 0.4) is 0 Å². The van der Waals surface area contributed by atoms with Gasteiger partial charge in [0.2, 0.25) is 11.8 Å². The van der Waals surface area contributed by atoms with Crippen molar-refractivity contribution in [3.05, 3.63) is 0 Å². The average molecular weight is 346 g/mol. The zero-order valence-electron chi connectivity index (χ0n) is 13.9. The Morgan fingerprint density at radius 1 is 1.26 bits per heavy atom. The van der Waals surface area contributed by atoms with Crippen LogP contribution < -0.4 is 0 Å². The highest BCUT2D eigenvalue weighted by Crippen LogP contribution is 2.19. The molecule has 0 N–H and O–H groups in total. The lowest BCUT2D eigenvalue weighted by atomic mass is 10.2. The third-order valence-electron chi connectivity index (χ3n) is 4.53. The Kier molecular flexibility index (Phi) is 6.02. The Morgan fingerprint density at radius 3 is 2.48 bits per heavy atom. The third kappa shape index (κ3) is 4.91. The molecular weight excluding hydrogens is 320 g/mol. The number of carbonyl (C=O) groups is 2. The van der Waals surface area contributed by atoms with E-state index in [0.717, 1.165) is 12.8 Å². The quantitative estimate of drug-likeness (QED) is 0.678. The number of ether oxygens (including phenoxy) is 1. The maximum atomic E-state index is 12.6. The normalized spacial score (nSPS) is 26.2. The Balaban J connectivity index is 1.97. The molecule has 0 aliphatic carbocycles. The van der Waals surface area contributed by atoms with Crippen LogP contribution in [0.15, 0.2) is 0 Å². The molecule has 0 saturated carbocycles. The largest absolute Gasteiger partial charge is 0.376 e. The summed E-state index contributed by atoms with van der Waals surface area (Å²) in [5.74, 6) is -0.196. The van der Waals surface area contributed by atoms with Crippen LogP contribution in [0.1, 0.15) is 33.1 Å². The standard InChI is InChI=1S/C15H26N2O5S/c1-3-17(13-6-8-23(20,21)11-13)15(19)10-16(12(2)18)9-14-5-4-7-22-14/h13-14H,3-11H2,1-2H3. The monoisotopic (exact) mass is 346 g/mol. The van der Waals surface area contributed by atoms with Gasteiger partial charge in [-0.05, 0) is 26.2 Å². The molecule has 0 aromatic rings. The Morgan fingerprint density at radius 2 is 2.00 bits per heavy atom. The highest BCUT2D eigenvalue weighted by atomic mass is 32.2. The van der Waals surface area contributed by atoms with Crippen molar-refractivity contribution in [2.45, 2.75) is 45.3 Å². The van der Waals surface area contributed by atoms with Crippen molar-refractivity contribution < 1.29 is 22.7 Å². The van der Waals surface area contributed by atoms with Gasteiger partial charge in [-0.1, -0.05) is 0 Å². The van der Waals surface area contributed by atoms with Crippen molar-refractivity contribution in [3.63, 3.8) is 0 Å². The van der Waals surface area contributed by atoms with Crippen LogP contribution in [0.25, 0.3) is 0 Å². The van der Waals surface area contributed by atoms with Crippen LogP contribution in [0.2, 0.25) is 0 Å². The van der Waals surface area contributed by atoms with Gasteiger partial charge in [-0.15, -0.1) is 0 Å². The van der Waals surface area contributed by atoms with Crippen molar-refractivity contribution in [3.8, 4) is 0 Å². The molecule has 2 rings (SSSR count). The number of amides is 2. The number of rotatable bonds is 6. The Labute approximate surface area is 137 Å². The van der Waals surface area contributed by atoms with Gasteiger partial charge in [-0.2, -0.15) is 0 Å². The first-order valence-electron chi connectivity index (χ1n) is 8.19. The van der Waals surface area contributed by atoms with E-state index in [1.807, 2.05) is 6.92 Å². The molecule has 2 saturated heterocycles. The van der Waals surface area contributed by atoms with Crippen LogP contribution in [0.5, 0.6) is 0 Å². The van der Waals surface area contributed by atoms with Crippen molar-refractivity contribution in [1.82, 2.24) is 9.80 Å². The van der Waals surface area contributed by atoms with E-state index >= 15 is 0 Å². The third-order valence-corrected chi connectivity index (χ3v) is 6.28. The van der Waals surface area contributed by atoms with Gasteiger partial charge in [0.1, 0.15) is 0 Å². The van der Waals surface area contributed by atoms with Crippen molar-refractivity contribution in [2.24, 2.45) is 0 Å². The molecule has 0 aromatic carbocycles. The lowest BCUT2D eigenvalue weighted by Crippen LogP contribution is -2.48. The van der Waals surface area contributed by atoms with Crippen molar-refractivity contribution in [2.75, 3.05) is 37.7 Å². The molecule has 2 aliphatic heterocycles. The summed E-state index contributed by atoms with van der Waals surface area (Å²) >= 11 is 0. The van der Waals surface area contributed by atoms with Crippen molar-refractivity contribution >= 4 is 21.7 Å². The predicted octanol–water partition coefficient (Wildman–Crippen LogP) is 0.0495. The summed E-state index contributed by atoms with van der Waals surface area (Å²) in [5.41, 5.74) is 0. The van der Waals surface area contributed by atoms with Crippen LogP contribution in [-0.4, -0.2) is 79.9 Å². The molecule has 2 amide bonds. The second kappa shape index (κ2) is 7.61. The minimum Gasteiger partial charge on any atom is -0.376 e. The van der Waals surface area contributed by atoms with E-state index in [1.165, 1.54) is 11.8 Å². The molecule has 7 nitrogen and oxygen atoms in total. The number of nitrogens with zero attached hydrogens (tertiary/aromatic N) is 2. The fraction of sp³-hybridized carbons (Fsp3) is 0.867. The first-order valence-corrected chi connectivity index (χ1v) is 10.0. The topological polar surface area (TPSA) is 84.0 Å². The summed E-state index contributed by atoms with van der Waals surface area (Å²) in [7, 11) is -3.04. The molecule has 2 aliphatic rings. The SMILES string of the molecule is CCN(C(=O)CN(CC1CCCO1)C(C)=O)C1CCS(=O)(=O)C1. The number of likely N-dealkylation sites (N-methyl/N-ethyl adjacent to an activating group) is 1. The van der Waals surface area contributed by atoms with E-state index in [2.05, 4.69) is 0 Å². The summed E-state index contributed by atoms with van der Waals surface area (Å²) in [6, 6.07) is -0.269. The van der Waals surface area contributed by atoms with Gasteiger partial charge >= 0.3 is 0 Å². The van der Waals surface area contributed by atoms with Crippen LogP contribution in [0.4, 0.5) is 0 Å². The second-order valence-corrected chi connectivity index (χ2v) is 8.50. The zero-order valence-corrected chi connectivity index (χ0v) is 14.7. The molecule has 0 bridgehead atoms. The van der Waals surface area contributed by atoms with E-state index < -0.39 is 9.84 Å². The molecule has 0 aromatic heterocycles. The molecule has 0 radical (unpaired) electrons. The van der Waals surface area contributed by atoms with Gasteiger partial charge in [0.25, 0.3) is 0 Å². The Bertz CT molecular complexity index is 542. The lowest BCUT2D eigenvalue weighted by Gasteiger charge is -2.30. The first kappa shape index (κ1) is 18.2. The first-order chi connectivity index (χ1) is 10.8. The van der Waals surface area contributed by atoms with Gasteiger partial charge in [0, 0.05) is 32.7 Å². The molecule has 132 valence electrons. The lowest BCUT2D eigenvalue weighted by molar-refractivity contribution is -0.141. The average Bonchev–Trinajstić information content (AvgIpc) is 3.08. The fourth-order valence-electron chi connectivity index (χ4n) is 3.25. The van der Waals surface area contributed by atoms with Gasteiger partial charge < -0.3 is 14.5 Å². The van der Waals surface area contributed by atoms with Crippen LogP contribution in [0, 0.1) is 0 Å². The minimum absolute atomic E-state index is 0.00589. The van der Waals surface area contributed by atoms with Crippen LogP contribution in [-0.2, 0) is 24.2 Å². The maximum Gasteiger partial charge on any atom is 0.242 e. The number of hydrogen-bond donors (Lipinski definition) is 0. The molecule has 23 heavy (non-hydrogen) atoms. The smallest absolute Gasteiger partial charge is 0.242 e. The fourth-order valence-corrected chi connectivity index (χ4v) is 4.98. The Hall–Kier alpha value is -1.15. The van der Waals surface area contributed by atoms with Gasteiger partial charge in [0.05, 0.1) is 24.2 Å². The summed E-state index contributed by atoms with van der Waals surface area (Å²) in [6.45, 7) is 4.83. The molecule has 0 spiro atoms. The summed E-state index contributed by atoms with van der Waals surface area (Å²) in [6.07, 6.45) is 2.35. The molecule has 2 atom stereocenters. The van der Waals surface area contributed by atoms with Gasteiger partial charge in [-0.3, -0.25) is 9.59 Å². The summed E-state index contributed by atoms with van der Waals surface area (Å²) in [5, 5.41) is 0. The van der Waals surface area contributed by atoms with Gasteiger partial charge in [-0.25, -0.2) is 8.42 Å². The molecule has 8 heteroatoms. The number of hydrogen-bond acceptors (Lipinski definition) is 5. The maximum absolute atomic E-state index is 12.6. The zero-order chi connectivity index (χ0) is 17.0. The molecule has 2 unspecified atom stereocenters. The number of carbonyl (C=O) groups excluding carboxylic acids is 2. The van der Waals surface area contributed by atoms with Crippen LogP contribution >= 0.6 is 0 Å². The predicted molar refractivity (Wildman–Crippen MR) is 85.7 cm³/mol. The molecular formula is C15H26N2O5S. The highest BCUT2D eigenvalue weighted by molar-refractivity contribution is 7.91.